The number of nitrogens with one attached hydrogen (secondary N) is 1. The zero-order chi connectivity index (χ0) is 17.4. The van der Waals surface area contributed by atoms with Crippen LogP contribution in [0, 0.1) is 0 Å². The monoisotopic (exact) mass is 351 g/mol. The molecule has 1 aliphatic rings. The fourth-order valence-electron chi connectivity index (χ4n) is 3.49. The van der Waals surface area contributed by atoms with Crippen LogP contribution in [0.4, 0.5) is 11.5 Å². The van der Waals surface area contributed by atoms with Crippen LogP contribution in [0.5, 0.6) is 0 Å². The highest BCUT2D eigenvalue weighted by molar-refractivity contribution is 6.30. The Bertz CT molecular complexity index is 970. The van der Waals surface area contributed by atoms with E-state index in [4.69, 9.17) is 11.6 Å². The zero-order valence-electron chi connectivity index (χ0n) is 13.9. The molecule has 0 radical (unpaired) electrons. The lowest BCUT2D eigenvalue weighted by molar-refractivity contribution is -0.114. The normalized spacial score (nSPS) is 13.6. The molecule has 1 aliphatic heterocycles. The van der Waals surface area contributed by atoms with Gasteiger partial charge in [-0.2, -0.15) is 0 Å². The molecule has 2 heterocycles. The molecule has 3 aromatic rings. The summed E-state index contributed by atoms with van der Waals surface area (Å²) in [4.78, 5) is 18.3. The van der Waals surface area contributed by atoms with E-state index in [1.807, 2.05) is 30.3 Å². The number of amides is 1. The molecule has 2 aromatic carbocycles. The second kappa shape index (κ2) is 6.37. The van der Waals surface area contributed by atoms with Crippen LogP contribution in [0.1, 0.15) is 18.1 Å². The van der Waals surface area contributed by atoms with E-state index in [2.05, 4.69) is 33.4 Å². The summed E-state index contributed by atoms with van der Waals surface area (Å²) in [5.41, 5.74) is 3.33. The predicted octanol–water partition coefficient (Wildman–Crippen LogP) is 4.41. The first kappa shape index (κ1) is 15.9. The van der Waals surface area contributed by atoms with Gasteiger partial charge in [0.2, 0.25) is 5.91 Å². The number of fused-ring (bicyclic) bond motifs is 2. The van der Waals surface area contributed by atoms with Gasteiger partial charge in [0, 0.05) is 31.1 Å². The topological polar surface area (TPSA) is 45.2 Å². The molecule has 0 bridgehead atoms. The Hall–Kier alpha value is -2.59. The lowest BCUT2D eigenvalue weighted by Crippen LogP contribution is -2.32. The summed E-state index contributed by atoms with van der Waals surface area (Å²) < 4.78 is 0. The number of hydrogen-bond acceptors (Lipinski definition) is 3. The van der Waals surface area contributed by atoms with E-state index in [1.165, 1.54) is 18.1 Å². The third-order valence-electron chi connectivity index (χ3n) is 4.57. The van der Waals surface area contributed by atoms with Gasteiger partial charge in [0.25, 0.3) is 0 Å². The highest BCUT2D eigenvalue weighted by atomic mass is 35.5. The Morgan fingerprint density at radius 2 is 2.04 bits per heavy atom. The number of nitrogens with zero attached hydrogens (tertiary/aromatic N) is 2. The van der Waals surface area contributed by atoms with Crippen molar-refractivity contribution in [3.63, 3.8) is 0 Å². The number of pyridine rings is 1. The number of carbonyl (C=O) groups is 1. The maximum absolute atomic E-state index is 11.4. The largest absolute Gasteiger partial charge is 0.351 e. The van der Waals surface area contributed by atoms with E-state index in [0.29, 0.717) is 5.15 Å². The van der Waals surface area contributed by atoms with Crippen molar-refractivity contribution in [1.82, 2.24) is 4.98 Å². The van der Waals surface area contributed by atoms with Crippen LogP contribution < -0.4 is 10.2 Å². The van der Waals surface area contributed by atoms with E-state index < -0.39 is 0 Å². The van der Waals surface area contributed by atoms with Crippen LogP contribution >= 0.6 is 11.6 Å². The molecule has 0 unspecified atom stereocenters. The quantitative estimate of drug-likeness (QED) is 0.695. The summed E-state index contributed by atoms with van der Waals surface area (Å²) in [5, 5.41) is 5.64. The van der Waals surface area contributed by atoms with Crippen molar-refractivity contribution in [3.05, 3.63) is 64.8 Å². The molecule has 4 nitrogen and oxygen atoms in total. The van der Waals surface area contributed by atoms with Gasteiger partial charge in [-0.05, 0) is 35.1 Å². The molecule has 0 fully saturated rings. The molecule has 126 valence electrons. The third kappa shape index (κ3) is 3.05. The molecule has 0 spiro atoms. The van der Waals surface area contributed by atoms with Crippen LogP contribution in [-0.4, -0.2) is 17.4 Å². The first-order valence-electron chi connectivity index (χ1n) is 8.30. The summed E-state index contributed by atoms with van der Waals surface area (Å²) >= 11 is 6.24. The van der Waals surface area contributed by atoms with Crippen molar-refractivity contribution in [3.8, 4) is 0 Å². The smallest absolute Gasteiger partial charge is 0.221 e. The molecular formula is C20H18ClN3O. The lowest BCUT2D eigenvalue weighted by Gasteiger charge is -2.31. The molecule has 0 atom stereocenters. The Morgan fingerprint density at radius 1 is 1.20 bits per heavy atom. The van der Waals surface area contributed by atoms with E-state index in [0.717, 1.165) is 41.8 Å². The number of aromatic nitrogens is 1. The fraction of sp³-hybridized carbons (Fsp3) is 0.200. The molecule has 5 heteroatoms. The lowest BCUT2D eigenvalue weighted by atomic mass is 9.97. The Labute approximate surface area is 151 Å². The Morgan fingerprint density at radius 3 is 2.88 bits per heavy atom. The minimum atomic E-state index is -0.0432. The molecule has 0 saturated heterocycles. The first-order chi connectivity index (χ1) is 12.1. The van der Waals surface area contributed by atoms with Crippen LogP contribution in [0.3, 0.4) is 0 Å². The number of benzene rings is 2. The van der Waals surface area contributed by atoms with Crippen LogP contribution in [0.25, 0.3) is 10.8 Å². The predicted molar refractivity (Wildman–Crippen MR) is 102 cm³/mol. The number of halogens is 1. The summed E-state index contributed by atoms with van der Waals surface area (Å²) in [6.07, 6.45) is 0.855. The molecular weight excluding hydrogens is 334 g/mol. The second-order valence-electron chi connectivity index (χ2n) is 6.29. The third-order valence-corrected chi connectivity index (χ3v) is 4.76. The van der Waals surface area contributed by atoms with Gasteiger partial charge in [-0.25, -0.2) is 4.98 Å². The van der Waals surface area contributed by atoms with Gasteiger partial charge in [-0.3, -0.25) is 4.79 Å². The standard InChI is InChI=1S/C20H18ClN3O/c1-13(25)22-18-8-4-6-15-12-24(10-9-16(15)18)20-17-7-3-2-5-14(17)11-19(21)23-20/h2-8,11H,9-10,12H2,1H3,(H,22,25). The van der Waals surface area contributed by atoms with Crippen molar-refractivity contribution >= 4 is 39.8 Å². The van der Waals surface area contributed by atoms with E-state index >= 15 is 0 Å². The Balaban J connectivity index is 1.73. The highest BCUT2D eigenvalue weighted by Gasteiger charge is 2.22. The molecule has 1 aromatic heterocycles. The minimum absolute atomic E-state index is 0.0432. The molecule has 0 saturated carbocycles. The fourth-order valence-corrected chi connectivity index (χ4v) is 3.68. The zero-order valence-corrected chi connectivity index (χ0v) is 14.7. The van der Waals surface area contributed by atoms with E-state index in [-0.39, 0.29) is 5.91 Å². The van der Waals surface area contributed by atoms with Crippen LogP contribution in [0.2, 0.25) is 5.15 Å². The average molecular weight is 352 g/mol. The molecule has 0 aliphatic carbocycles. The summed E-state index contributed by atoms with van der Waals surface area (Å²) in [5.74, 6) is 0.872. The number of anilines is 2. The Kier molecular flexibility index (Phi) is 4.06. The SMILES string of the molecule is CC(=O)Nc1cccc2c1CCN(c1nc(Cl)cc3ccccc13)C2. The van der Waals surface area contributed by atoms with Gasteiger partial charge in [0.05, 0.1) is 0 Å². The molecule has 1 amide bonds. The molecule has 4 rings (SSSR count). The van der Waals surface area contributed by atoms with E-state index in [1.54, 1.807) is 0 Å². The number of rotatable bonds is 2. The molecule has 1 N–H and O–H groups in total. The number of hydrogen-bond donors (Lipinski definition) is 1. The van der Waals surface area contributed by atoms with Gasteiger partial charge >= 0.3 is 0 Å². The average Bonchev–Trinajstić information content (AvgIpc) is 2.60. The second-order valence-corrected chi connectivity index (χ2v) is 6.67. The maximum Gasteiger partial charge on any atom is 0.221 e. The van der Waals surface area contributed by atoms with Crippen LogP contribution in [-0.2, 0) is 17.8 Å². The van der Waals surface area contributed by atoms with Gasteiger partial charge in [-0.15, -0.1) is 0 Å². The molecule has 25 heavy (non-hydrogen) atoms. The summed E-state index contributed by atoms with van der Waals surface area (Å²) in [6, 6.07) is 16.1. The first-order valence-corrected chi connectivity index (χ1v) is 8.68. The number of carbonyl (C=O) groups excluding carboxylic acids is 1. The van der Waals surface area contributed by atoms with Crippen LogP contribution in [0.15, 0.2) is 48.5 Å². The van der Waals surface area contributed by atoms with Gasteiger partial charge in [0.1, 0.15) is 11.0 Å². The van der Waals surface area contributed by atoms with Crippen molar-refractivity contribution in [1.29, 1.82) is 0 Å². The maximum atomic E-state index is 11.4. The van der Waals surface area contributed by atoms with Crippen molar-refractivity contribution in [2.45, 2.75) is 19.9 Å². The minimum Gasteiger partial charge on any atom is -0.351 e. The highest BCUT2D eigenvalue weighted by Crippen LogP contribution is 2.33. The van der Waals surface area contributed by atoms with E-state index in [9.17, 15) is 4.79 Å². The van der Waals surface area contributed by atoms with Crippen molar-refractivity contribution < 1.29 is 4.79 Å². The van der Waals surface area contributed by atoms with Crippen molar-refractivity contribution in [2.75, 3.05) is 16.8 Å². The van der Waals surface area contributed by atoms with Gasteiger partial charge in [-0.1, -0.05) is 48.0 Å². The van der Waals surface area contributed by atoms with Gasteiger partial charge < -0.3 is 10.2 Å². The summed E-state index contributed by atoms with van der Waals surface area (Å²) in [6.45, 7) is 3.12. The van der Waals surface area contributed by atoms with Crippen molar-refractivity contribution in [2.24, 2.45) is 0 Å². The van der Waals surface area contributed by atoms with Gasteiger partial charge in [0.15, 0.2) is 0 Å². The summed E-state index contributed by atoms with van der Waals surface area (Å²) in [7, 11) is 0.